The number of hydrogen-bond acceptors (Lipinski definition) is 3. The van der Waals surface area contributed by atoms with Gasteiger partial charge in [0.2, 0.25) is 5.91 Å². The van der Waals surface area contributed by atoms with Crippen LogP contribution in [0, 0.1) is 6.92 Å². The molecule has 1 aliphatic heterocycles. The van der Waals surface area contributed by atoms with E-state index in [0.29, 0.717) is 23.3 Å². The number of rotatable bonds is 5. The van der Waals surface area contributed by atoms with Crippen LogP contribution in [0.3, 0.4) is 0 Å². The number of carbonyl (C=O) groups is 2. The van der Waals surface area contributed by atoms with E-state index in [-0.39, 0.29) is 18.4 Å². The number of amides is 2. The first-order chi connectivity index (χ1) is 12.5. The predicted molar refractivity (Wildman–Crippen MR) is 105 cm³/mol. The van der Waals surface area contributed by atoms with Crippen LogP contribution in [0.25, 0.3) is 0 Å². The topological polar surface area (TPSA) is 62.6 Å². The Bertz CT molecular complexity index is 821. The van der Waals surface area contributed by atoms with Crippen LogP contribution in [-0.2, 0) is 16.0 Å². The minimum atomic E-state index is -0.259. The summed E-state index contributed by atoms with van der Waals surface area (Å²) in [4.78, 5) is 27.0. The van der Waals surface area contributed by atoms with Gasteiger partial charge in [-0.25, -0.2) is 0 Å². The summed E-state index contributed by atoms with van der Waals surface area (Å²) in [7, 11) is 0. The molecule has 3 rings (SSSR count). The fourth-order valence-electron chi connectivity index (χ4n) is 3.28. The Morgan fingerprint density at radius 2 is 2.12 bits per heavy atom. The van der Waals surface area contributed by atoms with E-state index in [2.05, 4.69) is 29.0 Å². The van der Waals surface area contributed by atoms with Crippen LogP contribution in [0.4, 0.5) is 5.69 Å². The zero-order valence-electron chi connectivity index (χ0n) is 14.9. The van der Waals surface area contributed by atoms with Crippen molar-refractivity contribution in [2.75, 3.05) is 25.0 Å². The second kappa shape index (κ2) is 8.20. The van der Waals surface area contributed by atoms with Crippen LogP contribution < -0.4 is 15.5 Å². The fraction of sp³-hybridized carbons (Fsp3) is 0.368. The van der Waals surface area contributed by atoms with Gasteiger partial charge < -0.3 is 15.5 Å². The molecule has 2 aromatic rings. The quantitative estimate of drug-likeness (QED) is 0.728. The van der Waals surface area contributed by atoms with Gasteiger partial charge in [-0.3, -0.25) is 9.59 Å². The van der Waals surface area contributed by atoms with Gasteiger partial charge in [0.1, 0.15) is 6.04 Å². The van der Waals surface area contributed by atoms with Crippen molar-refractivity contribution in [3.8, 4) is 0 Å². The number of benzene rings is 1. The number of thiophene rings is 1. The van der Waals surface area contributed by atoms with E-state index >= 15 is 0 Å². The summed E-state index contributed by atoms with van der Waals surface area (Å²) in [6.45, 7) is 5.27. The van der Waals surface area contributed by atoms with Gasteiger partial charge in [-0.2, -0.15) is 0 Å². The van der Waals surface area contributed by atoms with Gasteiger partial charge >= 0.3 is 0 Å². The number of nitrogens with one attached hydrogen (secondary N) is 3. The van der Waals surface area contributed by atoms with E-state index in [0.717, 1.165) is 18.5 Å². The Morgan fingerprint density at radius 3 is 2.92 bits per heavy atom. The van der Waals surface area contributed by atoms with Crippen LogP contribution >= 0.6 is 22.9 Å². The molecule has 2 atom stereocenters. The molecule has 7 heteroatoms. The molecule has 1 unspecified atom stereocenters. The first kappa shape index (κ1) is 18.9. The average molecular weight is 393 g/mol. The molecule has 0 saturated carbocycles. The monoisotopic (exact) mass is 392 g/mol. The van der Waals surface area contributed by atoms with Gasteiger partial charge in [0.15, 0.2) is 6.54 Å². The second-order valence-corrected chi connectivity index (χ2v) is 8.00. The highest BCUT2D eigenvalue weighted by molar-refractivity contribution is 7.10. The summed E-state index contributed by atoms with van der Waals surface area (Å²) in [6.07, 6.45) is 1.01. The lowest BCUT2D eigenvalue weighted by Gasteiger charge is -2.29. The lowest BCUT2D eigenvalue weighted by Crippen LogP contribution is -3.14. The Morgan fingerprint density at radius 1 is 1.31 bits per heavy atom. The average Bonchev–Trinajstić information content (AvgIpc) is 3.09. The van der Waals surface area contributed by atoms with Crippen LogP contribution in [0.1, 0.15) is 29.0 Å². The summed E-state index contributed by atoms with van der Waals surface area (Å²) in [6, 6.07) is 7.80. The first-order valence-electron chi connectivity index (χ1n) is 8.68. The van der Waals surface area contributed by atoms with Gasteiger partial charge in [-0.15, -0.1) is 11.3 Å². The van der Waals surface area contributed by atoms with E-state index in [1.807, 2.05) is 6.92 Å². The molecule has 0 aliphatic carbocycles. The molecule has 0 radical (unpaired) electrons. The molecule has 1 aliphatic rings. The lowest BCUT2D eigenvalue weighted by atomic mass is 10.0. The highest BCUT2D eigenvalue weighted by atomic mass is 35.5. The molecule has 2 heterocycles. The minimum absolute atomic E-state index is 0.0455. The SMILES string of the molecule is Cc1c(Cl)cccc1NC(=O)CNC(=O)C[NH+]1CCc2sccc2[C@H]1C. The standard InChI is InChI=1S/C19H22ClN3O2S/c1-12-15(20)4-3-5-16(12)22-18(24)10-21-19(25)11-23-8-6-17-14(13(23)2)7-9-26-17/h3-5,7,9,13H,6,8,10-11H2,1-2H3,(H,21,25)(H,22,24)/p+1/t13-/m1/s1. The molecule has 0 fully saturated rings. The number of fused-ring (bicyclic) bond motifs is 1. The molecule has 3 N–H and O–H groups in total. The van der Waals surface area contributed by atoms with E-state index in [9.17, 15) is 9.59 Å². The molecule has 0 bridgehead atoms. The molecule has 26 heavy (non-hydrogen) atoms. The van der Waals surface area contributed by atoms with Gasteiger partial charge in [-0.1, -0.05) is 17.7 Å². The third kappa shape index (κ3) is 4.26. The Balaban J connectivity index is 1.48. The maximum Gasteiger partial charge on any atom is 0.275 e. The number of hydrogen-bond donors (Lipinski definition) is 3. The molecule has 0 saturated heterocycles. The van der Waals surface area contributed by atoms with E-state index in [4.69, 9.17) is 11.6 Å². The molecule has 2 amide bonds. The van der Waals surface area contributed by atoms with Crippen LogP contribution in [0.5, 0.6) is 0 Å². The number of anilines is 1. The molecule has 5 nitrogen and oxygen atoms in total. The van der Waals surface area contributed by atoms with Crippen molar-refractivity contribution in [3.63, 3.8) is 0 Å². The molecule has 138 valence electrons. The second-order valence-electron chi connectivity index (χ2n) is 6.59. The maximum absolute atomic E-state index is 12.3. The van der Waals surface area contributed by atoms with Crippen molar-refractivity contribution in [1.29, 1.82) is 0 Å². The Labute approximate surface area is 162 Å². The molecule has 1 aromatic carbocycles. The van der Waals surface area contributed by atoms with Crippen molar-refractivity contribution in [2.45, 2.75) is 26.3 Å². The highest BCUT2D eigenvalue weighted by Crippen LogP contribution is 2.24. The minimum Gasteiger partial charge on any atom is -0.342 e. The summed E-state index contributed by atoms with van der Waals surface area (Å²) in [5.74, 6) is -0.367. The largest absolute Gasteiger partial charge is 0.342 e. The lowest BCUT2D eigenvalue weighted by molar-refractivity contribution is -0.924. The zero-order chi connectivity index (χ0) is 18.7. The fourth-order valence-corrected chi connectivity index (χ4v) is 4.43. The molecule has 1 aromatic heterocycles. The Hall–Kier alpha value is -1.89. The summed E-state index contributed by atoms with van der Waals surface area (Å²) >= 11 is 7.84. The Kier molecular flexibility index (Phi) is 5.96. The van der Waals surface area contributed by atoms with Crippen molar-refractivity contribution in [3.05, 3.63) is 50.7 Å². The van der Waals surface area contributed by atoms with Crippen LogP contribution in [-0.4, -0.2) is 31.4 Å². The predicted octanol–water partition coefficient (Wildman–Crippen LogP) is 1.97. The van der Waals surface area contributed by atoms with Crippen molar-refractivity contribution >= 4 is 40.4 Å². The normalized spacial score (nSPS) is 18.9. The van der Waals surface area contributed by atoms with Crippen LogP contribution in [0.15, 0.2) is 29.6 Å². The molecule has 0 spiro atoms. The van der Waals surface area contributed by atoms with Crippen molar-refractivity contribution < 1.29 is 14.5 Å². The van der Waals surface area contributed by atoms with Gasteiger partial charge in [0.25, 0.3) is 5.91 Å². The van der Waals surface area contributed by atoms with Crippen molar-refractivity contribution in [1.82, 2.24) is 5.32 Å². The first-order valence-corrected chi connectivity index (χ1v) is 9.94. The van der Waals surface area contributed by atoms with Gasteiger partial charge in [0.05, 0.1) is 13.1 Å². The third-order valence-corrected chi connectivity index (χ3v) is 6.31. The highest BCUT2D eigenvalue weighted by Gasteiger charge is 2.29. The van der Waals surface area contributed by atoms with E-state index in [1.165, 1.54) is 15.3 Å². The number of carbonyl (C=O) groups excluding carboxylic acids is 2. The maximum atomic E-state index is 12.3. The van der Waals surface area contributed by atoms with E-state index < -0.39 is 0 Å². The number of halogens is 1. The smallest absolute Gasteiger partial charge is 0.275 e. The molecular formula is C19H23ClN3O2S+. The zero-order valence-corrected chi connectivity index (χ0v) is 16.5. The number of quaternary nitrogens is 1. The summed E-state index contributed by atoms with van der Waals surface area (Å²) < 4.78 is 0. The van der Waals surface area contributed by atoms with Gasteiger partial charge in [0, 0.05) is 27.6 Å². The summed E-state index contributed by atoms with van der Waals surface area (Å²) in [5, 5.41) is 8.22. The van der Waals surface area contributed by atoms with Crippen LogP contribution in [0.2, 0.25) is 5.02 Å². The van der Waals surface area contributed by atoms with E-state index in [1.54, 1.807) is 29.5 Å². The summed E-state index contributed by atoms with van der Waals surface area (Å²) in [5.41, 5.74) is 2.82. The van der Waals surface area contributed by atoms with Crippen molar-refractivity contribution in [2.24, 2.45) is 0 Å². The van der Waals surface area contributed by atoms with Gasteiger partial charge in [-0.05, 0) is 43.0 Å². The molecular weight excluding hydrogens is 370 g/mol. The third-order valence-electron chi connectivity index (χ3n) is 4.91.